The molecule has 6 nitrogen and oxygen atoms in total. The Hall–Kier alpha value is -3.02. The minimum absolute atomic E-state index is 0.0722. The maximum absolute atomic E-state index is 13.0. The van der Waals surface area contributed by atoms with Crippen LogP contribution >= 0.6 is 0 Å². The number of anilines is 1. The summed E-state index contributed by atoms with van der Waals surface area (Å²) in [6.45, 7) is 3.94. The average Bonchev–Trinajstić information content (AvgIpc) is 3.13. The van der Waals surface area contributed by atoms with E-state index in [0.717, 1.165) is 25.1 Å². The Morgan fingerprint density at radius 1 is 1.04 bits per heavy atom. The van der Waals surface area contributed by atoms with Crippen LogP contribution in [0, 0.1) is 12.8 Å². The molecule has 0 radical (unpaired) electrons. The van der Waals surface area contributed by atoms with Gasteiger partial charge >= 0.3 is 0 Å². The predicted octanol–water partition coefficient (Wildman–Crippen LogP) is 2.78. The first-order chi connectivity index (χ1) is 13.6. The molecule has 0 aliphatic carbocycles. The number of nitrogens with zero attached hydrogens (tertiary/aromatic N) is 2. The zero-order chi connectivity index (χ0) is 19.3. The molecule has 28 heavy (non-hydrogen) atoms. The number of hydrogen-bond donors (Lipinski definition) is 0. The molecule has 2 amide bonds. The highest BCUT2D eigenvalue weighted by Crippen LogP contribution is 2.34. The molecular formula is C22H22N2O4. The lowest BCUT2D eigenvalue weighted by atomic mass is 9.93. The van der Waals surface area contributed by atoms with Crippen molar-refractivity contribution in [1.82, 2.24) is 4.90 Å². The van der Waals surface area contributed by atoms with E-state index in [1.807, 2.05) is 4.90 Å². The maximum Gasteiger partial charge on any atom is 0.254 e. The fraction of sp³-hybridized carbons (Fsp3) is 0.364. The number of amides is 2. The fourth-order valence-electron chi connectivity index (χ4n) is 4.19. The van der Waals surface area contributed by atoms with Crippen molar-refractivity contribution in [3.05, 3.63) is 53.1 Å². The van der Waals surface area contributed by atoms with E-state index in [-0.39, 0.29) is 24.5 Å². The standard InChI is InChI=1S/C22H22N2O4/c1-14-4-6-18-15(9-14)3-2-8-24(18)22(26)17-11-23(12-17)21(25)16-5-7-19-20(10-16)28-13-27-19/h4-7,9-10,17H,2-3,8,11-13H2,1H3. The number of likely N-dealkylation sites (tertiary alicyclic amines) is 1. The van der Waals surface area contributed by atoms with Gasteiger partial charge in [0.2, 0.25) is 12.7 Å². The van der Waals surface area contributed by atoms with Crippen molar-refractivity contribution in [3.8, 4) is 11.5 Å². The number of ether oxygens (including phenoxy) is 2. The van der Waals surface area contributed by atoms with E-state index in [0.29, 0.717) is 30.2 Å². The number of carbonyl (C=O) groups excluding carboxylic acids is 2. The minimum Gasteiger partial charge on any atom is -0.454 e. The number of benzene rings is 2. The van der Waals surface area contributed by atoms with Crippen molar-refractivity contribution in [2.45, 2.75) is 19.8 Å². The maximum atomic E-state index is 13.0. The van der Waals surface area contributed by atoms with Crippen LogP contribution in [0.5, 0.6) is 11.5 Å². The van der Waals surface area contributed by atoms with Crippen molar-refractivity contribution < 1.29 is 19.1 Å². The monoisotopic (exact) mass is 378 g/mol. The topological polar surface area (TPSA) is 59.1 Å². The Kier molecular flexibility index (Phi) is 4.00. The van der Waals surface area contributed by atoms with Gasteiger partial charge in [0.15, 0.2) is 11.5 Å². The van der Waals surface area contributed by atoms with Gasteiger partial charge in [-0.1, -0.05) is 17.7 Å². The van der Waals surface area contributed by atoms with Crippen LogP contribution in [-0.4, -0.2) is 43.1 Å². The van der Waals surface area contributed by atoms with Crippen LogP contribution in [0.4, 0.5) is 5.69 Å². The molecule has 0 N–H and O–H groups in total. The van der Waals surface area contributed by atoms with E-state index in [2.05, 4.69) is 25.1 Å². The highest BCUT2D eigenvalue weighted by molar-refractivity contribution is 6.00. The van der Waals surface area contributed by atoms with Gasteiger partial charge in [-0.05, 0) is 49.6 Å². The number of fused-ring (bicyclic) bond motifs is 2. The van der Waals surface area contributed by atoms with Crippen molar-refractivity contribution in [3.63, 3.8) is 0 Å². The van der Waals surface area contributed by atoms with E-state index in [1.165, 1.54) is 11.1 Å². The zero-order valence-electron chi connectivity index (χ0n) is 15.8. The molecule has 0 aromatic heterocycles. The lowest BCUT2D eigenvalue weighted by Gasteiger charge is -2.41. The first kappa shape index (κ1) is 17.1. The van der Waals surface area contributed by atoms with Gasteiger partial charge in [0.05, 0.1) is 5.92 Å². The first-order valence-corrected chi connectivity index (χ1v) is 9.70. The summed E-state index contributed by atoms with van der Waals surface area (Å²) < 4.78 is 10.6. The fourth-order valence-corrected chi connectivity index (χ4v) is 4.19. The van der Waals surface area contributed by atoms with E-state index >= 15 is 0 Å². The van der Waals surface area contributed by atoms with Gasteiger partial charge in [0.25, 0.3) is 5.91 Å². The predicted molar refractivity (Wildman–Crippen MR) is 104 cm³/mol. The van der Waals surface area contributed by atoms with Crippen LogP contribution in [0.3, 0.4) is 0 Å². The Morgan fingerprint density at radius 2 is 1.86 bits per heavy atom. The molecule has 2 aromatic rings. The lowest BCUT2D eigenvalue weighted by Crippen LogP contribution is -2.57. The summed E-state index contributed by atoms with van der Waals surface area (Å²) in [5.41, 5.74) is 4.06. The van der Waals surface area contributed by atoms with E-state index in [4.69, 9.17) is 9.47 Å². The Bertz CT molecular complexity index is 965. The average molecular weight is 378 g/mol. The van der Waals surface area contributed by atoms with Crippen LogP contribution < -0.4 is 14.4 Å². The van der Waals surface area contributed by atoms with Gasteiger partial charge in [-0.25, -0.2) is 0 Å². The number of hydrogen-bond acceptors (Lipinski definition) is 4. The summed E-state index contributed by atoms with van der Waals surface area (Å²) in [6, 6.07) is 11.5. The molecule has 0 bridgehead atoms. The Morgan fingerprint density at radius 3 is 2.71 bits per heavy atom. The van der Waals surface area contributed by atoms with Gasteiger partial charge < -0.3 is 19.3 Å². The molecular weight excluding hydrogens is 356 g/mol. The van der Waals surface area contributed by atoms with E-state index in [1.54, 1.807) is 23.1 Å². The largest absolute Gasteiger partial charge is 0.454 e. The van der Waals surface area contributed by atoms with E-state index < -0.39 is 0 Å². The number of rotatable bonds is 2. The molecule has 2 aromatic carbocycles. The Balaban J connectivity index is 1.26. The Labute approximate surface area is 163 Å². The van der Waals surface area contributed by atoms with Crippen molar-refractivity contribution >= 4 is 17.5 Å². The molecule has 3 aliphatic rings. The molecule has 3 heterocycles. The van der Waals surface area contributed by atoms with Crippen LogP contribution in [-0.2, 0) is 11.2 Å². The highest BCUT2D eigenvalue weighted by Gasteiger charge is 2.39. The molecule has 1 saturated heterocycles. The van der Waals surface area contributed by atoms with Gasteiger partial charge in [0, 0.05) is 30.9 Å². The van der Waals surface area contributed by atoms with Crippen molar-refractivity contribution in [1.29, 1.82) is 0 Å². The quantitative estimate of drug-likeness (QED) is 0.806. The third kappa shape index (κ3) is 2.80. The highest BCUT2D eigenvalue weighted by atomic mass is 16.7. The molecule has 3 aliphatic heterocycles. The lowest BCUT2D eigenvalue weighted by molar-refractivity contribution is -0.126. The third-order valence-electron chi connectivity index (χ3n) is 5.76. The molecule has 0 atom stereocenters. The summed E-state index contributed by atoms with van der Waals surface area (Å²) in [5.74, 6) is 1.17. The van der Waals surface area contributed by atoms with Gasteiger partial charge in [-0.15, -0.1) is 0 Å². The summed E-state index contributed by atoms with van der Waals surface area (Å²) in [7, 11) is 0. The third-order valence-corrected chi connectivity index (χ3v) is 5.76. The molecule has 0 saturated carbocycles. The molecule has 144 valence electrons. The van der Waals surface area contributed by atoms with Crippen LogP contribution in [0.2, 0.25) is 0 Å². The van der Waals surface area contributed by atoms with Gasteiger partial charge in [0.1, 0.15) is 0 Å². The van der Waals surface area contributed by atoms with Gasteiger partial charge in [-0.3, -0.25) is 9.59 Å². The molecule has 0 spiro atoms. The second-order valence-electron chi connectivity index (χ2n) is 7.70. The SMILES string of the molecule is Cc1ccc2c(c1)CCCN2C(=O)C1CN(C(=O)c2ccc3c(c2)OCO3)C1. The van der Waals surface area contributed by atoms with Crippen molar-refractivity contribution in [2.24, 2.45) is 5.92 Å². The molecule has 0 unspecified atom stereocenters. The van der Waals surface area contributed by atoms with Crippen molar-refractivity contribution in [2.75, 3.05) is 31.3 Å². The zero-order valence-corrected chi connectivity index (χ0v) is 15.8. The number of aryl methyl sites for hydroxylation is 2. The van der Waals surface area contributed by atoms with Crippen LogP contribution in [0.1, 0.15) is 27.9 Å². The van der Waals surface area contributed by atoms with E-state index in [9.17, 15) is 9.59 Å². The molecule has 1 fully saturated rings. The molecule has 6 heteroatoms. The molecule has 5 rings (SSSR count). The summed E-state index contributed by atoms with van der Waals surface area (Å²) in [4.78, 5) is 29.4. The number of carbonyl (C=O) groups is 2. The second kappa shape index (κ2) is 6.55. The minimum atomic E-state index is -0.134. The second-order valence-corrected chi connectivity index (χ2v) is 7.70. The summed E-state index contributed by atoms with van der Waals surface area (Å²) >= 11 is 0. The summed E-state index contributed by atoms with van der Waals surface area (Å²) in [5, 5.41) is 0. The smallest absolute Gasteiger partial charge is 0.254 e. The van der Waals surface area contributed by atoms with Crippen LogP contribution in [0.25, 0.3) is 0 Å². The first-order valence-electron chi connectivity index (χ1n) is 9.70. The normalized spacial score (nSPS) is 17.9. The van der Waals surface area contributed by atoms with Crippen LogP contribution in [0.15, 0.2) is 36.4 Å². The van der Waals surface area contributed by atoms with Gasteiger partial charge in [-0.2, -0.15) is 0 Å². The summed E-state index contributed by atoms with van der Waals surface area (Å²) in [6.07, 6.45) is 1.99.